The molecular formula is C17H12ClN5O4. The van der Waals surface area contributed by atoms with Gasteiger partial charge in [-0.05, 0) is 29.8 Å². The predicted octanol–water partition coefficient (Wildman–Crippen LogP) is 2.00. The third-order valence-electron chi connectivity index (χ3n) is 3.77. The lowest BCUT2D eigenvalue weighted by Gasteiger charge is -2.01. The summed E-state index contributed by atoms with van der Waals surface area (Å²) in [6.07, 6.45) is 3.28. The molecule has 10 heteroatoms. The van der Waals surface area contributed by atoms with Gasteiger partial charge < -0.3 is 14.3 Å². The van der Waals surface area contributed by atoms with E-state index in [1.807, 2.05) is 6.07 Å². The Hall–Kier alpha value is -3.46. The third-order valence-corrected chi connectivity index (χ3v) is 4.00. The van der Waals surface area contributed by atoms with Gasteiger partial charge in [0, 0.05) is 24.0 Å². The van der Waals surface area contributed by atoms with Crippen molar-refractivity contribution >= 4 is 28.6 Å². The SMILES string of the molecule is O=C(NCc1cccnc1)c1nc(Cn2c(=O)oc3ccc(Cl)cc32)no1. The minimum Gasteiger partial charge on any atom is -0.408 e. The number of benzene rings is 1. The van der Waals surface area contributed by atoms with Gasteiger partial charge in [-0.1, -0.05) is 22.8 Å². The summed E-state index contributed by atoms with van der Waals surface area (Å²) in [5.74, 6) is -1.15. The number of fused-ring (bicyclic) bond motifs is 1. The van der Waals surface area contributed by atoms with Crippen molar-refractivity contribution in [2.45, 2.75) is 13.1 Å². The van der Waals surface area contributed by atoms with Crippen molar-refractivity contribution in [3.63, 3.8) is 0 Å². The molecule has 1 N–H and O–H groups in total. The Bertz CT molecular complexity index is 1170. The smallest absolute Gasteiger partial charge is 0.408 e. The van der Waals surface area contributed by atoms with E-state index in [0.29, 0.717) is 16.1 Å². The van der Waals surface area contributed by atoms with Gasteiger partial charge >= 0.3 is 17.6 Å². The number of hydrogen-bond donors (Lipinski definition) is 1. The highest BCUT2D eigenvalue weighted by atomic mass is 35.5. The summed E-state index contributed by atoms with van der Waals surface area (Å²) in [5, 5.41) is 6.86. The zero-order valence-corrected chi connectivity index (χ0v) is 14.5. The molecule has 136 valence electrons. The molecule has 27 heavy (non-hydrogen) atoms. The van der Waals surface area contributed by atoms with Crippen molar-refractivity contribution in [2.75, 3.05) is 0 Å². The van der Waals surface area contributed by atoms with Crippen molar-refractivity contribution < 1.29 is 13.7 Å². The minimum atomic E-state index is -0.584. The number of pyridine rings is 1. The molecule has 0 aliphatic carbocycles. The van der Waals surface area contributed by atoms with Gasteiger partial charge in [-0.15, -0.1) is 0 Å². The van der Waals surface area contributed by atoms with E-state index in [1.54, 1.807) is 36.7 Å². The Labute approximate surface area is 156 Å². The summed E-state index contributed by atoms with van der Waals surface area (Å²) >= 11 is 5.97. The lowest BCUT2D eigenvalue weighted by molar-refractivity contribution is 0.0907. The summed E-state index contributed by atoms with van der Waals surface area (Å²) in [6, 6.07) is 8.42. The number of halogens is 1. The summed E-state index contributed by atoms with van der Waals surface area (Å²) in [6.45, 7) is 0.250. The van der Waals surface area contributed by atoms with E-state index >= 15 is 0 Å². The van der Waals surface area contributed by atoms with E-state index in [2.05, 4.69) is 20.4 Å². The molecule has 3 aromatic heterocycles. The van der Waals surface area contributed by atoms with Gasteiger partial charge in [0.1, 0.15) is 0 Å². The van der Waals surface area contributed by atoms with E-state index < -0.39 is 11.7 Å². The summed E-state index contributed by atoms with van der Waals surface area (Å²) < 4.78 is 11.4. The van der Waals surface area contributed by atoms with Gasteiger partial charge in [-0.25, -0.2) is 4.79 Å². The third kappa shape index (κ3) is 3.58. The maximum atomic E-state index is 12.1. The van der Waals surface area contributed by atoms with Crippen molar-refractivity contribution in [2.24, 2.45) is 0 Å². The largest absolute Gasteiger partial charge is 0.420 e. The molecule has 4 aromatic rings. The first-order valence-corrected chi connectivity index (χ1v) is 8.26. The van der Waals surface area contributed by atoms with Gasteiger partial charge in [0.05, 0.1) is 12.1 Å². The van der Waals surface area contributed by atoms with Crippen molar-refractivity contribution in [1.29, 1.82) is 0 Å². The number of nitrogens with zero attached hydrogens (tertiary/aromatic N) is 4. The topological polar surface area (TPSA) is 116 Å². The first-order chi connectivity index (χ1) is 13.1. The van der Waals surface area contributed by atoms with Gasteiger partial charge in [-0.2, -0.15) is 4.98 Å². The molecule has 4 rings (SSSR count). The molecule has 1 aromatic carbocycles. The highest BCUT2D eigenvalue weighted by molar-refractivity contribution is 6.31. The molecule has 0 unspecified atom stereocenters. The second-order valence-electron chi connectivity index (χ2n) is 5.63. The van der Waals surface area contributed by atoms with Gasteiger partial charge in [0.15, 0.2) is 11.4 Å². The zero-order valence-electron chi connectivity index (χ0n) is 13.8. The Balaban J connectivity index is 1.50. The molecule has 0 atom stereocenters. The average Bonchev–Trinajstić information content (AvgIpc) is 3.26. The Morgan fingerprint density at radius 1 is 1.30 bits per heavy atom. The molecule has 0 bridgehead atoms. The number of hydrogen-bond acceptors (Lipinski definition) is 7. The van der Waals surface area contributed by atoms with Crippen LogP contribution in [0, 0.1) is 0 Å². The summed E-state index contributed by atoms with van der Waals surface area (Å²) in [5.41, 5.74) is 1.72. The standard InChI is InChI=1S/C17H12ClN5O4/c18-11-3-4-13-12(6-11)23(17(25)26-13)9-14-21-16(27-22-14)15(24)20-8-10-2-1-5-19-7-10/h1-7H,8-9H2,(H,20,24). The Kier molecular flexibility index (Phi) is 4.43. The van der Waals surface area contributed by atoms with Crippen LogP contribution in [0.3, 0.4) is 0 Å². The van der Waals surface area contributed by atoms with E-state index in [9.17, 15) is 9.59 Å². The van der Waals surface area contributed by atoms with Gasteiger partial charge in [-0.3, -0.25) is 14.3 Å². The normalized spacial score (nSPS) is 11.0. The summed E-state index contributed by atoms with van der Waals surface area (Å²) in [7, 11) is 0. The first kappa shape index (κ1) is 17.0. The second-order valence-corrected chi connectivity index (χ2v) is 6.06. The number of carbonyl (C=O) groups is 1. The number of nitrogens with one attached hydrogen (secondary N) is 1. The van der Waals surface area contributed by atoms with E-state index in [1.165, 1.54) is 4.57 Å². The van der Waals surface area contributed by atoms with Crippen LogP contribution in [0.4, 0.5) is 0 Å². The monoisotopic (exact) mass is 385 g/mol. The maximum absolute atomic E-state index is 12.1. The van der Waals surface area contributed by atoms with Crippen LogP contribution in [0.25, 0.3) is 11.1 Å². The molecule has 1 amide bonds. The van der Waals surface area contributed by atoms with Crippen LogP contribution in [0.5, 0.6) is 0 Å². The molecule has 0 aliphatic heterocycles. The Morgan fingerprint density at radius 2 is 2.19 bits per heavy atom. The number of rotatable bonds is 5. The quantitative estimate of drug-likeness (QED) is 0.558. The van der Waals surface area contributed by atoms with E-state index in [-0.39, 0.29) is 24.8 Å². The van der Waals surface area contributed by atoms with E-state index in [4.69, 9.17) is 20.5 Å². The fourth-order valence-electron chi connectivity index (χ4n) is 2.50. The highest BCUT2D eigenvalue weighted by Crippen LogP contribution is 2.19. The van der Waals surface area contributed by atoms with E-state index in [0.717, 1.165) is 5.56 Å². The van der Waals surface area contributed by atoms with Crippen LogP contribution < -0.4 is 11.1 Å². The van der Waals surface area contributed by atoms with Crippen LogP contribution in [0.15, 0.2) is 56.5 Å². The predicted molar refractivity (Wildman–Crippen MR) is 94.3 cm³/mol. The summed E-state index contributed by atoms with van der Waals surface area (Å²) in [4.78, 5) is 32.2. The number of oxazole rings is 1. The second kappa shape index (κ2) is 7.04. The molecule has 0 spiro atoms. The number of aromatic nitrogens is 4. The molecule has 0 saturated heterocycles. The van der Waals surface area contributed by atoms with Crippen molar-refractivity contribution in [1.82, 2.24) is 25.0 Å². The van der Waals surface area contributed by atoms with Crippen LogP contribution in [0.2, 0.25) is 5.02 Å². The molecule has 0 radical (unpaired) electrons. The van der Waals surface area contributed by atoms with Gasteiger partial charge in [0.2, 0.25) is 0 Å². The van der Waals surface area contributed by atoms with Crippen LogP contribution in [0.1, 0.15) is 22.1 Å². The molecule has 0 fully saturated rings. The first-order valence-electron chi connectivity index (χ1n) is 7.89. The zero-order chi connectivity index (χ0) is 18.8. The average molecular weight is 386 g/mol. The van der Waals surface area contributed by atoms with Gasteiger partial charge in [0.25, 0.3) is 0 Å². The maximum Gasteiger partial charge on any atom is 0.420 e. The molecule has 3 heterocycles. The van der Waals surface area contributed by atoms with Crippen molar-refractivity contribution in [3.05, 3.63) is 75.6 Å². The lowest BCUT2D eigenvalue weighted by Crippen LogP contribution is -2.23. The van der Waals surface area contributed by atoms with Crippen LogP contribution in [-0.4, -0.2) is 25.6 Å². The highest BCUT2D eigenvalue weighted by Gasteiger charge is 2.17. The van der Waals surface area contributed by atoms with Crippen molar-refractivity contribution in [3.8, 4) is 0 Å². The molecule has 9 nitrogen and oxygen atoms in total. The lowest BCUT2D eigenvalue weighted by atomic mass is 10.3. The molecule has 0 saturated carbocycles. The van der Waals surface area contributed by atoms with Crippen LogP contribution in [-0.2, 0) is 13.1 Å². The molecule has 0 aliphatic rings. The number of carbonyl (C=O) groups excluding carboxylic acids is 1. The number of amides is 1. The fourth-order valence-corrected chi connectivity index (χ4v) is 2.66. The Morgan fingerprint density at radius 3 is 3.00 bits per heavy atom. The molecular weight excluding hydrogens is 374 g/mol. The van der Waals surface area contributed by atoms with Crippen LogP contribution >= 0.6 is 11.6 Å². The minimum absolute atomic E-state index is 0.0223. The fraction of sp³-hybridized carbons (Fsp3) is 0.118.